The molecule has 0 saturated heterocycles. The number of imide groups is 1. The second-order valence-electron chi connectivity index (χ2n) is 4.28. The quantitative estimate of drug-likeness (QED) is 0.841. The van der Waals surface area contributed by atoms with E-state index in [-0.39, 0.29) is 17.9 Å². The molecule has 0 aliphatic carbocycles. The van der Waals surface area contributed by atoms with Gasteiger partial charge in [-0.2, -0.15) is 0 Å². The van der Waals surface area contributed by atoms with Crippen LogP contribution in [0, 0.1) is 0 Å². The Labute approximate surface area is 113 Å². The number of nitrogens with zero attached hydrogens (tertiary/aromatic N) is 1. The van der Waals surface area contributed by atoms with E-state index in [1.54, 1.807) is 35.7 Å². The Morgan fingerprint density at radius 3 is 2.79 bits per heavy atom. The third-order valence-corrected chi connectivity index (χ3v) is 3.90. The van der Waals surface area contributed by atoms with E-state index in [9.17, 15) is 9.59 Å². The number of amides is 2. The number of benzene rings is 1. The van der Waals surface area contributed by atoms with Crippen LogP contribution >= 0.6 is 11.3 Å². The van der Waals surface area contributed by atoms with Gasteiger partial charge in [0, 0.05) is 17.3 Å². The third-order valence-electron chi connectivity index (χ3n) is 2.94. The first-order chi connectivity index (χ1) is 9.15. The standard InChI is InChI=1S/C13H11N3O2S/c1-7(13-14-4-5-19-13)15-8-2-3-9-10(6-8)12(18)16-11(9)17/h2-7,15H,1H3,(H,16,17,18). The molecule has 2 aromatic rings. The second kappa shape index (κ2) is 4.47. The maximum absolute atomic E-state index is 11.6. The maximum atomic E-state index is 11.6. The summed E-state index contributed by atoms with van der Waals surface area (Å²) in [6.45, 7) is 2.00. The van der Waals surface area contributed by atoms with E-state index in [0.717, 1.165) is 10.7 Å². The molecule has 1 atom stereocenters. The van der Waals surface area contributed by atoms with Gasteiger partial charge in [-0.3, -0.25) is 14.9 Å². The average Bonchev–Trinajstić information content (AvgIpc) is 2.99. The summed E-state index contributed by atoms with van der Waals surface area (Å²) in [7, 11) is 0. The normalized spacial score (nSPS) is 15.0. The van der Waals surface area contributed by atoms with Crippen LogP contribution in [-0.4, -0.2) is 16.8 Å². The number of carbonyl (C=O) groups is 2. The first-order valence-electron chi connectivity index (χ1n) is 5.81. The number of hydrogen-bond acceptors (Lipinski definition) is 5. The molecule has 19 heavy (non-hydrogen) atoms. The summed E-state index contributed by atoms with van der Waals surface area (Å²) in [6, 6.07) is 5.20. The van der Waals surface area contributed by atoms with E-state index in [1.165, 1.54) is 0 Å². The highest BCUT2D eigenvalue weighted by Crippen LogP contribution is 2.24. The summed E-state index contributed by atoms with van der Waals surface area (Å²) in [5, 5.41) is 8.43. The molecular weight excluding hydrogens is 262 g/mol. The highest BCUT2D eigenvalue weighted by atomic mass is 32.1. The highest BCUT2D eigenvalue weighted by molar-refractivity contribution is 7.09. The van der Waals surface area contributed by atoms with Gasteiger partial charge >= 0.3 is 0 Å². The lowest BCUT2D eigenvalue weighted by Crippen LogP contribution is -2.19. The van der Waals surface area contributed by atoms with Gasteiger partial charge in [0.1, 0.15) is 5.01 Å². The molecule has 0 saturated carbocycles. The zero-order chi connectivity index (χ0) is 13.4. The number of hydrogen-bond donors (Lipinski definition) is 2. The van der Waals surface area contributed by atoms with Gasteiger partial charge in [-0.15, -0.1) is 11.3 Å². The molecule has 6 heteroatoms. The van der Waals surface area contributed by atoms with Gasteiger partial charge < -0.3 is 5.32 Å². The summed E-state index contributed by atoms with van der Waals surface area (Å²) in [6.07, 6.45) is 1.76. The molecule has 5 nitrogen and oxygen atoms in total. The Morgan fingerprint density at radius 1 is 1.26 bits per heavy atom. The maximum Gasteiger partial charge on any atom is 0.259 e. The largest absolute Gasteiger partial charge is 0.376 e. The van der Waals surface area contributed by atoms with Crippen molar-refractivity contribution in [2.45, 2.75) is 13.0 Å². The molecule has 1 unspecified atom stereocenters. The Kier molecular flexibility index (Phi) is 2.79. The van der Waals surface area contributed by atoms with Crippen LogP contribution < -0.4 is 10.6 Å². The van der Waals surface area contributed by atoms with Crippen molar-refractivity contribution in [2.75, 3.05) is 5.32 Å². The van der Waals surface area contributed by atoms with Crippen LogP contribution in [0.2, 0.25) is 0 Å². The topological polar surface area (TPSA) is 71.1 Å². The van der Waals surface area contributed by atoms with E-state index < -0.39 is 0 Å². The van der Waals surface area contributed by atoms with E-state index in [0.29, 0.717) is 11.1 Å². The zero-order valence-corrected chi connectivity index (χ0v) is 11.0. The monoisotopic (exact) mass is 273 g/mol. The van der Waals surface area contributed by atoms with Crippen molar-refractivity contribution in [2.24, 2.45) is 0 Å². The van der Waals surface area contributed by atoms with E-state index in [4.69, 9.17) is 0 Å². The van der Waals surface area contributed by atoms with Crippen molar-refractivity contribution in [3.05, 3.63) is 45.9 Å². The van der Waals surface area contributed by atoms with Crippen molar-refractivity contribution in [1.82, 2.24) is 10.3 Å². The summed E-state index contributed by atoms with van der Waals surface area (Å²) >= 11 is 1.57. The predicted octanol–water partition coefficient (Wildman–Crippen LogP) is 2.20. The van der Waals surface area contributed by atoms with Gasteiger partial charge in [0.15, 0.2) is 0 Å². The minimum absolute atomic E-state index is 0.0539. The van der Waals surface area contributed by atoms with Gasteiger partial charge in [0.25, 0.3) is 11.8 Å². The number of fused-ring (bicyclic) bond motifs is 1. The lowest BCUT2D eigenvalue weighted by Gasteiger charge is -2.13. The molecule has 1 aromatic carbocycles. The lowest BCUT2D eigenvalue weighted by atomic mass is 10.1. The summed E-state index contributed by atoms with van der Waals surface area (Å²) in [5.74, 6) is -0.676. The minimum Gasteiger partial charge on any atom is -0.376 e. The van der Waals surface area contributed by atoms with Crippen LogP contribution in [0.25, 0.3) is 0 Å². The fraction of sp³-hybridized carbons (Fsp3) is 0.154. The third kappa shape index (κ3) is 2.10. The Morgan fingerprint density at radius 2 is 2.05 bits per heavy atom. The number of aromatic nitrogens is 1. The SMILES string of the molecule is CC(Nc1ccc2c(c1)C(=O)NC2=O)c1nccs1. The predicted molar refractivity (Wildman–Crippen MR) is 72.4 cm³/mol. The van der Waals surface area contributed by atoms with E-state index in [2.05, 4.69) is 15.6 Å². The van der Waals surface area contributed by atoms with Crippen molar-refractivity contribution >= 4 is 28.8 Å². The van der Waals surface area contributed by atoms with Crippen molar-refractivity contribution in [3.63, 3.8) is 0 Å². The van der Waals surface area contributed by atoms with Gasteiger partial charge in [0.2, 0.25) is 0 Å². The smallest absolute Gasteiger partial charge is 0.259 e. The molecule has 2 N–H and O–H groups in total. The van der Waals surface area contributed by atoms with E-state index >= 15 is 0 Å². The second-order valence-corrected chi connectivity index (χ2v) is 5.21. The first-order valence-corrected chi connectivity index (χ1v) is 6.69. The molecule has 0 radical (unpaired) electrons. The summed E-state index contributed by atoms with van der Waals surface area (Å²) < 4.78 is 0. The first kappa shape index (κ1) is 11.9. The molecule has 1 aromatic heterocycles. The molecule has 0 bridgehead atoms. The molecule has 0 fully saturated rings. The lowest BCUT2D eigenvalue weighted by molar-refractivity contribution is 0.0879. The van der Waals surface area contributed by atoms with E-state index in [1.807, 2.05) is 12.3 Å². The number of nitrogens with one attached hydrogen (secondary N) is 2. The molecule has 3 rings (SSSR count). The minimum atomic E-state index is -0.342. The van der Waals surface area contributed by atoms with Gasteiger partial charge in [0.05, 0.1) is 17.2 Å². The molecule has 0 spiro atoms. The zero-order valence-electron chi connectivity index (χ0n) is 10.1. The van der Waals surface area contributed by atoms with Crippen LogP contribution in [0.4, 0.5) is 5.69 Å². The summed E-state index contributed by atoms with van der Waals surface area (Å²) in [4.78, 5) is 27.2. The number of anilines is 1. The molecular formula is C13H11N3O2S. The summed E-state index contributed by atoms with van der Waals surface area (Å²) in [5.41, 5.74) is 1.64. The Balaban J connectivity index is 1.86. The van der Waals surface area contributed by atoms with Gasteiger partial charge in [-0.25, -0.2) is 4.98 Å². The molecule has 2 amide bonds. The fourth-order valence-electron chi connectivity index (χ4n) is 2.02. The highest BCUT2D eigenvalue weighted by Gasteiger charge is 2.26. The molecule has 1 aliphatic heterocycles. The fourth-order valence-corrected chi connectivity index (χ4v) is 2.66. The number of rotatable bonds is 3. The van der Waals surface area contributed by atoms with Gasteiger partial charge in [-0.1, -0.05) is 0 Å². The van der Waals surface area contributed by atoms with Crippen molar-refractivity contribution in [1.29, 1.82) is 0 Å². The number of carbonyl (C=O) groups excluding carboxylic acids is 2. The Hall–Kier alpha value is -2.21. The molecule has 2 heterocycles. The van der Waals surface area contributed by atoms with Crippen LogP contribution in [0.5, 0.6) is 0 Å². The van der Waals surface area contributed by atoms with Crippen LogP contribution in [0.15, 0.2) is 29.8 Å². The van der Waals surface area contributed by atoms with Crippen LogP contribution in [0.3, 0.4) is 0 Å². The van der Waals surface area contributed by atoms with Crippen molar-refractivity contribution < 1.29 is 9.59 Å². The number of thiazole rings is 1. The Bertz CT molecular complexity index is 652. The van der Waals surface area contributed by atoms with Crippen molar-refractivity contribution in [3.8, 4) is 0 Å². The van der Waals surface area contributed by atoms with Gasteiger partial charge in [-0.05, 0) is 25.1 Å². The van der Waals surface area contributed by atoms with Crippen LogP contribution in [-0.2, 0) is 0 Å². The van der Waals surface area contributed by atoms with Crippen LogP contribution in [0.1, 0.15) is 38.7 Å². The molecule has 1 aliphatic rings. The molecule has 96 valence electrons. The average molecular weight is 273 g/mol.